The predicted molar refractivity (Wildman–Crippen MR) is 34.7 cm³/mol. The summed E-state index contributed by atoms with van der Waals surface area (Å²) >= 11 is 0. The average Bonchev–Trinajstić information content (AvgIpc) is 1.69. The van der Waals surface area contributed by atoms with Gasteiger partial charge in [0, 0.05) is 14.1 Å². The van der Waals surface area contributed by atoms with Gasteiger partial charge < -0.3 is 10.2 Å². The van der Waals surface area contributed by atoms with Crippen LogP contribution in [0.2, 0.25) is 0 Å². The van der Waals surface area contributed by atoms with E-state index in [2.05, 4.69) is 5.32 Å². The molecule has 0 aromatic carbocycles. The molecule has 8 heavy (non-hydrogen) atoms. The third-order valence-electron chi connectivity index (χ3n) is 0.211. The highest BCUT2D eigenvalue weighted by Crippen LogP contribution is 1.52. The lowest BCUT2D eigenvalue weighted by Gasteiger charge is -1.93. The van der Waals surface area contributed by atoms with Crippen LogP contribution in [0.5, 0.6) is 0 Å². The monoisotopic (exact) mass is 118 g/mol. The van der Waals surface area contributed by atoms with E-state index in [4.69, 9.17) is 0 Å². The molecule has 1 amide bonds. The van der Waals surface area contributed by atoms with Crippen LogP contribution >= 0.6 is 0 Å². The Hall–Kier alpha value is -0.570. The summed E-state index contributed by atoms with van der Waals surface area (Å²) in [5.41, 5.74) is 0. The molecule has 0 unspecified atom stereocenters. The highest BCUT2D eigenvalue weighted by Gasteiger charge is 1.68. The number of amides is 1. The van der Waals surface area contributed by atoms with E-state index in [1.165, 1.54) is 4.90 Å². The molecule has 50 valence electrons. The van der Waals surface area contributed by atoms with E-state index in [0.717, 1.165) is 6.41 Å². The fourth-order valence-electron chi connectivity index (χ4n) is 0. The van der Waals surface area contributed by atoms with E-state index in [1.54, 1.807) is 14.1 Å². The molecule has 0 spiro atoms. The molecule has 3 heteroatoms. The van der Waals surface area contributed by atoms with E-state index in [1.807, 2.05) is 14.1 Å². The molecule has 0 atom stereocenters. The molecule has 0 bridgehead atoms. The zero-order valence-electron chi connectivity index (χ0n) is 5.93. The van der Waals surface area contributed by atoms with Crippen molar-refractivity contribution in [2.45, 2.75) is 0 Å². The van der Waals surface area contributed by atoms with Gasteiger partial charge in [0.25, 0.3) is 0 Å². The van der Waals surface area contributed by atoms with E-state index in [0.29, 0.717) is 0 Å². The third-order valence-corrected chi connectivity index (χ3v) is 0.211. The Morgan fingerprint density at radius 2 is 1.50 bits per heavy atom. The van der Waals surface area contributed by atoms with Gasteiger partial charge in [-0.15, -0.1) is 0 Å². The summed E-state index contributed by atoms with van der Waals surface area (Å²) in [5.74, 6) is 0. The van der Waals surface area contributed by atoms with Crippen LogP contribution in [0, 0.1) is 0 Å². The van der Waals surface area contributed by atoms with Crippen molar-refractivity contribution in [3.8, 4) is 0 Å². The van der Waals surface area contributed by atoms with Gasteiger partial charge in [0.05, 0.1) is 0 Å². The summed E-state index contributed by atoms with van der Waals surface area (Å²) in [5, 5.41) is 2.75. The summed E-state index contributed by atoms with van der Waals surface area (Å²) in [4.78, 5) is 10.9. The Morgan fingerprint density at radius 1 is 1.38 bits per heavy atom. The van der Waals surface area contributed by atoms with Crippen molar-refractivity contribution in [1.82, 2.24) is 10.2 Å². The van der Waals surface area contributed by atoms with Crippen molar-refractivity contribution in [1.29, 1.82) is 0 Å². The SMILES string of the molecule is CN(C)C=O.CNC. The molecule has 1 N–H and O–H groups in total. The first-order valence-electron chi connectivity index (χ1n) is 2.39. The maximum Gasteiger partial charge on any atom is 0.209 e. The van der Waals surface area contributed by atoms with Gasteiger partial charge in [-0.25, -0.2) is 0 Å². The van der Waals surface area contributed by atoms with Gasteiger partial charge in [-0.05, 0) is 14.1 Å². The molecular formula is C5H14N2O. The van der Waals surface area contributed by atoms with Crippen molar-refractivity contribution < 1.29 is 4.79 Å². The largest absolute Gasteiger partial charge is 0.351 e. The van der Waals surface area contributed by atoms with Crippen molar-refractivity contribution >= 4 is 6.41 Å². The number of hydrogen-bond acceptors (Lipinski definition) is 2. The van der Waals surface area contributed by atoms with Crippen LogP contribution < -0.4 is 5.32 Å². The number of carbonyl (C=O) groups excluding carboxylic acids is 1. The molecule has 0 rings (SSSR count). The Morgan fingerprint density at radius 3 is 1.50 bits per heavy atom. The summed E-state index contributed by atoms with van der Waals surface area (Å²) in [6, 6.07) is 0. The zero-order chi connectivity index (χ0) is 6.99. The number of rotatable bonds is 1. The fourth-order valence-corrected chi connectivity index (χ4v) is 0. The summed E-state index contributed by atoms with van der Waals surface area (Å²) in [6.07, 6.45) is 0.750. The normalized spacial score (nSPS) is 6.50. The minimum atomic E-state index is 0.750. The van der Waals surface area contributed by atoms with E-state index < -0.39 is 0 Å². The molecule has 0 aliphatic heterocycles. The van der Waals surface area contributed by atoms with Crippen molar-refractivity contribution in [2.24, 2.45) is 0 Å². The molecule has 0 aromatic heterocycles. The second kappa shape index (κ2) is 9.66. The molecule has 0 aliphatic carbocycles. The Bertz CT molecular complexity index is 45.7. The van der Waals surface area contributed by atoms with Gasteiger partial charge in [0.1, 0.15) is 0 Å². The Kier molecular flexibility index (Phi) is 12.6. The Balaban J connectivity index is 0. The molecular weight excluding hydrogens is 104 g/mol. The number of nitrogens with zero attached hydrogens (tertiary/aromatic N) is 1. The van der Waals surface area contributed by atoms with Gasteiger partial charge in [-0.3, -0.25) is 4.79 Å². The smallest absolute Gasteiger partial charge is 0.209 e. The van der Waals surface area contributed by atoms with Crippen LogP contribution in [0.15, 0.2) is 0 Å². The molecule has 0 radical (unpaired) electrons. The molecule has 0 aromatic rings. The van der Waals surface area contributed by atoms with Crippen LogP contribution in [-0.4, -0.2) is 39.5 Å². The molecule has 0 saturated heterocycles. The van der Waals surface area contributed by atoms with Gasteiger partial charge in [-0.2, -0.15) is 0 Å². The molecule has 0 fully saturated rings. The predicted octanol–water partition coefficient (Wildman–Crippen LogP) is -0.460. The van der Waals surface area contributed by atoms with Crippen molar-refractivity contribution in [3.05, 3.63) is 0 Å². The quantitative estimate of drug-likeness (QED) is 0.472. The fraction of sp³-hybridized carbons (Fsp3) is 0.800. The number of nitrogens with one attached hydrogen (secondary N) is 1. The average molecular weight is 118 g/mol. The second-order valence-corrected chi connectivity index (χ2v) is 1.57. The molecule has 0 aliphatic rings. The summed E-state index contributed by atoms with van der Waals surface area (Å²) in [7, 11) is 7.12. The highest BCUT2D eigenvalue weighted by molar-refractivity contribution is 5.45. The first-order valence-corrected chi connectivity index (χ1v) is 2.39. The lowest BCUT2D eigenvalue weighted by Crippen LogP contribution is -2.06. The van der Waals surface area contributed by atoms with Crippen molar-refractivity contribution in [3.63, 3.8) is 0 Å². The zero-order valence-corrected chi connectivity index (χ0v) is 5.93. The molecule has 0 saturated carbocycles. The standard InChI is InChI=1S/C3H7NO.C2H7N/c1-4(2)3-5;1-3-2/h3H,1-2H3;3H,1-2H3. The summed E-state index contributed by atoms with van der Waals surface area (Å²) < 4.78 is 0. The van der Waals surface area contributed by atoms with Crippen LogP contribution in [-0.2, 0) is 4.79 Å². The van der Waals surface area contributed by atoms with Crippen LogP contribution in [0.4, 0.5) is 0 Å². The highest BCUT2D eigenvalue weighted by atomic mass is 16.1. The Labute approximate surface area is 50.7 Å². The number of hydrogen-bond donors (Lipinski definition) is 1. The third kappa shape index (κ3) is 52.1. The first-order chi connectivity index (χ1) is 3.68. The van der Waals surface area contributed by atoms with Crippen LogP contribution in [0.3, 0.4) is 0 Å². The minimum absolute atomic E-state index is 0.750. The lowest BCUT2D eigenvalue weighted by atomic mass is 11.0. The van der Waals surface area contributed by atoms with Gasteiger partial charge in [0.2, 0.25) is 6.41 Å². The first kappa shape index (κ1) is 10.4. The van der Waals surface area contributed by atoms with Crippen molar-refractivity contribution in [2.75, 3.05) is 28.2 Å². The topological polar surface area (TPSA) is 32.3 Å². The maximum atomic E-state index is 9.43. The van der Waals surface area contributed by atoms with E-state index in [-0.39, 0.29) is 0 Å². The van der Waals surface area contributed by atoms with Crippen LogP contribution in [0.1, 0.15) is 0 Å². The molecule has 3 nitrogen and oxygen atoms in total. The summed E-state index contributed by atoms with van der Waals surface area (Å²) in [6.45, 7) is 0. The number of carbonyl (C=O) groups is 1. The minimum Gasteiger partial charge on any atom is -0.351 e. The van der Waals surface area contributed by atoms with Gasteiger partial charge in [-0.1, -0.05) is 0 Å². The van der Waals surface area contributed by atoms with Gasteiger partial charge >= 0.3 is 0 Å². The maximum absolute atomic E-state index is 9.43. The van der Waals surface area contributed by atoms with E-state index >= 15 is 0 Å². The van der Waals surface area contributed by atoms with Crippen LogP contribution in [0.25, 0.3) is 0 Å². The van der Waals surface area contributed by atoms with Gasteiger partial charge in [0.15, 0.2) is 0 Å². The second-order valence-electron chi connectivity index (χ2n) is 1.57. The lowest BCUT2D eigenvalue weighted by molar-refractivity contribution is -0.115. The molecule has 0 heterocycles. The van der Waals surface area contributed by atoms with E-state index in [9.17, 15) is 4.79 Å².